The molecule has 0 aliphatic carbocycles. The highest BCUT2D eigenvalue weighted by molar-refractivity contribution is 6.02. The van der Waals surface area contributed by atoms with Crippen molar-refractivity contribution in [3.8, 4) is 16.9 Å². The molecule has 0 saturated heterocycles. The summed E-state index contributed by atoms with van der Waals surface area (Å²) in [5, 5.41) is 7.20. The van der Waals surface area contributed by atoms with Gasteiger partial charge in [0.15, 0.2) is 0 Å². The second-order valence-corrected chi connectivity index (χ2v) is 8.01. The standard InChI is InChI=1S/C28H22N2O/c1-3-9-20(10-4-1)21-15-17-22(18-16-21)25-19-26-24-13-7-8-14-27(24)31-28(30(26)29-25)23-11-5-2-6-12-23/h1-18,26,28H,19H2. The summed E-state index contributed by atoms with van der Waals surface area (Å²) < 4.78 is 6.41. The van der Waals surface area contributed by atoms with Gasteiger partial charge in [-0.05, 0) is 22.8 Å². The van der Waals surface area contributed by atoms with Gasteiger partial charge in [0, 0.05) is 17.5 Å². The van der Waals surface area contributed by atoms with E-state index < -0.39 is 0 Å². The van der Waals surface area contributed by atoms with Crippen LogP contribution in [0.1, 0.15) is 35.4 Å². The third-order valence-electron chi connectivity index (χ3n) is 6.11. The van der Waals surface area contributed by atoms with Gasteiger partial charge < -0.3 is 4.74 Å². The summed E-state index contributed by atoms with van der Waals surface area (Å²) in [7, 11) is 0. The van der Waals surface area contributed by atoms with Crippen molar-refractivity contribution in [2.45, 2.75) is 18.7 Å². The molecule has 150 valence electrons. The summed E-state index contributed by atoms with van der Waals surface area (Å²) in [6.07, 6.45) is 0.649. The van der Waals surface area contributed by atoms with Crippen LogP contribution >= 0.6 is 0 Å². The van der Waals surface area contributed by atoms with Crippen LogP contribution in [0.2, 0.25) is 0 Å². The zero-order chi connectivity index (χ0) is 20.6. The molecule has 2 atom stereocenters. The van der Waals surface area contributed by atoms with Crippen LogP contribution in [0.3, 0.4) is 0 Å². The summed E-state index contributed by atoms with van der Waals surface area (Å²) >= 11 is 0. The molecule has 0 N–H and O–H groups in total. The predicted octanol–water partition coefficient (Wildman–Crippen LogP) is 6.60. The fraction of sp³-hybridized carbons (Fsp3) is 0.107. The van der Waals surface area contributed by atoms with E-state index >= 15 is 0 Å². The second-order valence-electron chi connectivity index (χ2n) is 8.01. The first-order valence-corrected chi connectivity index (χ1v) is 10.7. The van der Waals surface area contributed by atoms with E-state index in [2.05, 4.69) is 96.0 Å². The van der Waals surface area contributed by atoms with Crippen molar-refractivity contribution in [2.75, 3.05) is 0 Å². The molecular weight excluding hydrogens is 380 g/mol. The Morgan fingerprint density at radius 2 is 1.26 bits per heavy atom. The van der Waals surface area contributed by atoms with Gasteiger partial charge in [-0.3, -0.25) is 0 Å². The number of rotatable bonds is 3. The molecular formula is C28H22N2O. The van der Waals surface area contributed by atoms with Gasteiger partial charge in [0.2, 0.25) is 6.23 Å². The molecule has 3 nitrogen and oxygen atoms in total. The molecule has 6 rings (SSSR count). The van der Waals surface area contributed by atoms with Gasteiger partial charge in [-0.15, -0.1) is 0 Å². The van der Waals surface area contributed by atoms with Crippen molar-refractivity contribution >= 4 is 5.71 Å². The van der Waals surface area contributed by atoms with Crippen molar-refractivity contribution in [1.82, 2.24) is 5.01 Å². The average molecular weight is 402 g/mol. The Kier molecular flexibility index (Phi) is 4.31. The van der Waals surface area contributed by atoms with Gasteiger partial charge in [-0.2, -0.15) is 5.10 Å². The number of hydrogen-bond acceptors (Lipinski definition) is 3. The number of hydrogen-bond donors (Lipinski definition) is 0. The summed E-state index contributed by atoms with van der Waals surface area (Å²) in [5.74, 6) is 0.952. The third-order valence-corrected chi connectivity index (χ3v) is 6.11. The lowest BCUT2D eigenvalue weighted by molar-refractivity contribution is -0.0190. The fourth-order valence-electron chi connectivity index (χ4n) is 4.53. The predicted molar refractivity (Wildman–Crippen MR) is 124 cm³/mol. The van der Waals surface area contributed by atoms with Crippen molar-refractivity contribution in [2.24, 2.45) is 5.10 Å². The molecule has 0 aromatic heterocycles. The van der Waals surface area contributed by atoms with E-state index in [9.17, 15) is 0 Å². The first kappa shape index (κ1) is 18.0. The quantitative estimate of drug-likeness (QED) is 0.386. The van der Waals surface area contributed by atoms with Gasteiger partial charge in [0.05, 0.1) is 11.8 Å². The third kappa shape index (κ3) is 3.19. The summed E-state index contributed by atoms with van der Waals surface area (Å²) in [4.78, 5) is 0. The second kappa shape index (κ2) is 7.44. The molecule has 3 heteroatoms. The van der Waals surface area contributed by atoms with Crippen molar-refractivity contribution in [3.63, 3.8) is 0 Å². The monoisotopic (exact) mass is 402 g/mol. The lowest BCUT2D eigenvalue weighted by atomic mass is 9.95. The molecule has 0 saturated carbocycles. The van der Waals surface area contributed by atoms with E-state index in [0.717, 1.165) is 23.4 Å². The highest BCUT2D eigenvalue weighted by Gasteiger charge is 2.40. The van der Waals surface area contributed by atoms with E-state index in [1.165, 1.54) is 22.3 Å². The maximum Gasteiger partial charge on any atom is 0.213 e. The Bertz CT molecular complexity index is 1230. The Labute approximate surface area is 182 Å². The van der Waals surface area contributed by atoms with Crippen LogP contribution in [0, 0.1) is 0 Å². The van der Waals surface area contributed by atoms with Crippen LogP contribution in [0.25, 0.3) is 11.1 Å². The summed E-state index contributed by atoms with van der Waals surface area (Å²) in [6, 6.07) is 38.1. The summed E-state index contributed by atoms with van der Waals surface area (Å²) in [6.45, 7) is 0. The molecule has 2 unspecified atom stereocenters. The normalized spacial score (nSPS) is 19.2. The van der Waals surface area contributed by atoms with Gasteiger partial charge in [0.1, 0.15) is 5.75 Å². The zero-order valence-electron chi connectivity index (χ0n) is 17.1. The summed E-state index contributed by atoms with van der Waals surface area (Å²) in [5.41, 5.74) is 7.03. The minimum Gasteiger partial charge on any atom is -0.464 e. The SMILES string of the molecule is c1ccc(-c2ccc(C3=NN4C(C3)c3ccccc3OC4c3ccccc3)cc2)cc1. The molecule has 31 heavy (non-hydrogen) atoms. The molecule has 0 bridgehead atoms. The van der Waals surface area contributed by atoms with E-state index in [1.807, 2.05) is 18.2 Å². The van der Waals surface area contributed by atoms with Crippen LogP contribution in [-0.2, 0) is 0 Å². The molecule has 2 aliphatic heterocycles. The van der Waals surface area contributed by atoms with E-state index in [-0.39, 0.29) is 12.3 Å². The van der Waals surface area contributed by atoms with Crippen LogP contribution in [0.4, 0.5) is 0 Å². The maximum atomic E-state index is 6.41. The highest BCUT2D eigenvalue weighted by Crippen LogP contribution is 2.47. The van der Waals surface area contributed by atoms with Crippen molar-refractivity contribution in [1.29, 1.82) is 0 Å². The Balaban J connectivity index is 1.37. The highest BCUT2D eigenvalue weighted by atomic mass is 16.5. The molecule has 2 heterocycles. The number of hydrazone groups is 1. The Morgan fingerprint density at radius 3 is 2.03 bits per heavy atom. The smallest absolute Gasteiger partial charge is 0.213 e. The first-order valence-electron chi connectivity index (χ1n) is 10.7. The van der Waals surface area contributed by atoms with Gasteiger partial charge >= 0.3 is 0 Å². The lowest BCUT2D eigenvalue weighted by Crippen LogP contribution is -2.33. The van der Waals surface area contributed by atoms with Crippen LogP contribution in [-0.4, -0.2) is 10.7 Å². The van der Waals surface area contributed by atoms with Crippen LogP contribution in [0.5, 0.6) is 5.75 Å². The minimum absolute atomic E-state index is 0.180. The maximum absolute atomic E-state index is 6.41. The molecule has 4 aromatic rings. The molecule has 0 amide bonds. The van der Waals surface area contributed by atoms with Crippen LogP contribution in [0.15, 0.2) is 114 Å². The van der Waals surface area contributed by atoms with Crippen molar-refractivity contribution < 1.29 is 4.74 Å². The molecule has 2 aliphatic rings. The average Bonchev–Trinajstić information content (AvgIpc) is 3.31. The number of benzene rings is 4. The molecule has 0 fully saturated rings. The lowest BCUT2D eigenvalue weighted by Gasteiger charge is -2.38. The topological polar surface area (TPSA) is 24.8 Å². The Hall–Kier alpha value is -3.85. The van der Waals surface area contributed by atoms with Crippen molar-refractivity contribution in [3.05, 3.63) is 126 Å². The molecule has 0 radical (unpaired) electrons. The molecule has 4 aromatic carbocycles. The van der Waals surface area contributed by atoms with E-state index in [1.54, 1.807) is 0 Å². The van der Waals surface area contributed by atoms with E-state index in [0.29, 0.717) is 0 Å². The van der Waals surface area contributed by atoms with Gasteiger partial charge in [0.25, 0.3) is 0 Å². The number of nitrogens with zero attached hydrogens (tertiary/aromatic N) is 2. The Morgan fingerprint density at radius 1 is 0.645 bits per heavy atom. The van der Waals surface area contributed by atoms with E-state index in [4.69, 9.17) is 9.84 Å². The number of fused-ring (bicyclic) bond motifs is 3. The number of para-hydroxylation sites is 1. The zero-order valence-corrected chi connectivity index (χ0v) is 17.1. The first-order chi connectivity index (χ1) is 15.4. The number of ether oxygens (including phenoxy) is 1. The van der Waals surface area contributed by atoms with Gasteiger partial charge in [-0.1, -0.05) is 103 Å². The minimum atomic E-state index is -0.220. The molecule has 0 spiro atoms. The van der Waals surface area contributed by atoms with Gasteiger partial charge in [-0.25, -0.2) is 5.01 Å². The largest absolute Gasteiger partial charge is 0.464 e. The van der Waals surface area contributed by atoms with Crippen LogP contribution < -0.4 is 4.74 Å². The fourth-order valence-corrected chi connectivity index (χ4v) is 4.53.